The third-order valence-corrected chi connectivity index (χ3v) is 5.17. The van der Waals surface area contributed by atoms with Gasteiger partial charge in [0.2, 0.25) is 5.91 Å². The average molecular weight is 352 g/mol. The lowest BCUT2D eigenvalue weighted by atomic mass is 9.96. The van der Waals surface area contributed by atoms with Gasteiger partial charge in [-0.3, -0.25) is 9.59 Å². The first-order chi connectivity index (χ1) is 12.7. The average Bonchev–Trinajstić information content (AvgIpc) is 3.42. The molecule has 0 spiro atoms. The highest BCUT2D eigenvalue weighted by Crippen LogP contribution is 2.31. The number of carbonyl (C=O) groups excluding carboxylic acids is 2. The molecule has 136 valence electrons. The Labute approximate surface area is 153 Å². The van der Waals surface area contributed by atoms with Gasteiger partial charge in [0.15, 0.2) is 0 Å². The van der Waals surface area contributed by atoms with E-state index in [1.807, 2.05) is 16.8 Å². The van der Waals surface area contributed by atoms with Gasteiger partial charge in [0.05, 0.1) is 12.2 Å². The molecule has 26 heavy (non-hydrogen) atoms. The molecule has 0 unspecified atom stereocenters. The second-order valence-electron chi connectivity index (χ2n) is 7.25. The Bertz CT molecular complexity index is 804. The van der Waals surface area contributed by atoms with Gasteiger partial charge in [0.1, 0.15) is 5.82 Å². The topological polar surface area (TPSA) is 76.0 Å². The molecule has 6 heteroatoms. The van der Waals surface area contributed by atoms with Crippen LogP contribution in [-0.2, 0) is 4.79 Å². The van der Waals surface area contributed by atoms with Crippen molar-refractivity contribution in [3.63, 3.8) is 0 Å². The van der Waals surface area contributed by atoms with E-state index in [9.17, 15) is 9.59 Å². The number of carbonyl (C=O) groups is 2. The van der Waals surface area contributed by atoms with Crippen LogP contribution in [0.25, 0.3) is 0 Å². The van der Waals surface area contributed by atoms with Crippen molar-refractivity contribution in [1.82, 2.24) is 9.78 Å². The minimum absolute atomic E-state index is 0.0398. The normalized spacial score (nSPS) is 17.7. The number of aromatic nitrogens is 2. The summed E-state index contributed by atoms with van der Waals surface area (Å²) in [4.78, 5) is 24.6. The SMILES string of the molecule is O=C(Nc1ccnn1C1CCCCC1)c1cccc(NC(=O)C2CC2)c1. The first-order valence-corrected chi connectivity index (χ1v) is 9.46. The maximum Gasteiger partial charge on any atom is 0.256 e. The summed E-state index contributed by atoms with van der Waals surface area (Å²) >= 11 is 0. The van der Waals surface area contributed by atoms with Gasteiger partial charge in [0.25, 0.3) is 5.91 Å². The molecule has 1 aromatic heterocycles. The molecule has 1 aromatic carbocycles. The summed E-state index contributed by atoms with van der Waals surface area (Å²) in [5, 5.41) is 10.3. The summed E-state index contributed by atoms with van der Waals surface area (Å²) in [5.74, 6) is 0.717. The Morgan fingerprint density at radius 3 is 2.58 bits per heavy atom. The lowest BCUT2D eigenvalue weighted by Crippen LogP contribution is -2.20. The summed E-state index contributed by atoms with van der Waals surface area (Å²) in [5.41, 5.74) is 1.19. The van der Waals surface area contributed by atoms with Gasteiger partial charge >= 0.3 is 0 Å². The third-order valence-electron chi connectivity index (χ3n) is 5.17. The van der Waals surface area contributed by atoms with Crippen LogP contribution in [0.1, 0.15) is 61.3 Å². The van der Waals surface area contributed by atoms with E-state index in [0.29, 0.717) is 17.3 Å². The van der Waals surface area contributed by atoms with Crippen molar-refractivity contribution in [2.45, 2.75) is 51.0 Å². The van der Waals surface area contributed by atoms with Crippen molar-refractivity contribution in [2.24, 2.45) is 5.92 Å². The smallest absolute Gasteiger partial charge is 0.256 e. The number of nitrogens with one attached hydrogen (secondary N) is 2. The standard InChI is InChI=1S/C20H24N4O2/c25-19(14-9-10-14)22-16-6-4-5-15(13-16)20(26)23-18-11-12-21-24(18)17-7-2-1-3-8-17/h4-6,11-14,17H,1-3,7-10H2,(H,22,25)(H,23,26). The van der Waals surface area contributed by atoms with Gasteiger partial charge in [-0.1, -0.05) is 25.3 Å². The van der Waals surface area contributed by atoms with Crippen LogP contribution in [0.15, 0.2) is 36.5 Å². The van der Waals surface area contributed by atoms with Crippen LogP contribution >= 0.6 is 0 Å². The highest BCUT2D eigenvalue weighted by molar-refractivity contribution is 6.05. The van der Waals surface area contributed by atoms with Gasteiger partial charge in [-0.05, 0) is 43.9 Å². The van der Waals surface area contributed by atoms with E-state index >= 15 is 0 Å². The molecule has 4 rings (SSSR count). The van der Waals surface area contributed by atoms with E-state index in [1.165, 1.54) is 19.3 Å². The van der Waals surface area contributed by atoms with Gasteiger partial charge in [-0.15, -0.1) is 0 Å². The predicted octanol–water partition coefficient (Wildman–Crippen LogP) is 3.99. The van der Waals surface area contributed by atoms with Gasteiger partial charge < -0.3 is 10.6 Å². The van der Waals surface area contributed by atoms with Crippen molar-refractivity contribution >= 4 is 23.3 Å². The lowest BCUT2D eigenvalue weighted by Gasteiger charge is -2.23. The van der Waals surface area contributed by atoms with E-state index in [1.54, 1.807) is 24.4 Å². The number of amides is 2. The van der Waals surface area contributed by atoms with Crippen LogP contribution < -0.4 is 10.6 Å². The number of anilines is 2. The molecule has 1 heterocycles. The summed E-state index contributed by atoms with van der Waals surface area (Å²) in [6.45, 7) is 0. The summed E-state index contributed by atoms with van der Waals surface area (Å²) in [6.07, 6.45) is 9.55. The Balaban J connectivity index is 1.45. The lowest BCUT2D eigenvalue weighted by molar-refractivity contribution is -0.117. The van der Waals surface area contributed by atoms with Gasteiger partial charge in [-0.2, -0.15) is 5.10 Å². The van der Waals surface area contributed by atoms with Crippen molar-refractivity contribution in [2.75, 3.05) is 10.6 Å². The second kappa shape index (κ2) is 7.32. The van der Waals surface area contributed by atoms with E-state index in [-0.39, 0.29) is 17.7 Å². The first kappa shape index (κ1) is 16.8. The molecule has 6 nitrogen and oxygen atoms in total. The molecular weight excluding hydrogens is 328 g/mol. The second-order valence-corrected chi connectivity index (χ2v) is 7.25. The van der Waals surface area contributed by atoms with Crippen LogP contribution in [0, 0.1) is 5.92 Å². The molecule has 2 fully saturated rings. The van der Waals surface area contributed by atoms with E-state index in [0.717, 1.165) is 31.5 Å². The zero-order chi connectivity index (χ0) is 17.9. The number of rotatable bonds is 5. The largest absolute Gasteiger partial charge is 0.326 e. The molecule has 2 N–H and O–H groups in total. The Kier molecular flexibility index (Phi) is 4.73. The molecule has 0 saturated heterocycles. The van der Waals surface area contributed by atoms with Crippen LogP contribution in [0.3, 0.4) is 0 Å². The summed E-state index contributed by atoms with van der Waals surface area (Å²) < 4.78 is 1.94. The maximum absolute atomic E-state index is 12.7. The quantitative estimate of drug-likeness (QED) is 0.854. The van der Waals surface area contributed by atoms with Crippen molar-refractivity contribution < 1.29 is 9.59 Å². The Morgan fingerprint density at radius 2 is 1.81 bits per heavy atom. The van der Waals surface area contributed by atoms with Crippen molar-refractivity contribution in [3.05, 3.63) is 42.1 Å². The van der Waals surface area contributed by atoms with Crippen LogP contribution in [-0.4, -0.2) is 21.6 Å². The number of hydrogen-bond acceptors (Lipinski definition) is 3. The fourth-order valence-corrected chi connectivity index (χ4v) is 3.55. The van der Waals surface area contributed by atoms with Crippen LogP contribution in [0.4, 0.5) is 11.5 Å². The van der Waals surface area contributed by atoms with E-state index < -0.39 is 0 Å². The number of hydrogen-bond donors (Lipinski definition) is 2. The zero-order valence-electron chi connectivity index (χ0n) is 14.8. The van der Waals surface area contributed by atoms with Gasteiger partial charge in [0, 0.05) is 23.2 Å². The Morgan fingerprint density at radius 1 is 1.00 bits per heavy atom. The third kappa shape index (κ3) is 3.79. The molecule has 0 radical (unpaired) electrons. The molecule has 0 aliphatic heterocycles. The Hall–Kier alpha value is -2.63. The summed E-state index contributed by atoms with van der Waals surface area (Å²) in [6, 6.07) is 9.27. The molecule has 2 aromatic rings. The van der Waals surface area contributed by atoms with E-state index in [2.05, 4.69) is 15.7 Å². The molecule has 0 bridgehead atoms. The molecule has 2 aliphatic carbocycles. The van der Waals surface area contributed by atoms with Gasteiger partial charge in [-0.25, -0.2) is 4.68 Å². The number of nitrogens with zero attached hydrogens (tertiary/aromatic N) is 2. The highest BCUT2D eigenvalue weighted by Gasteiger charge is 2.29. The fourth-order valence-electron chi connectivity index (χ4n) is 3.55. The van der Waals surface area contributed by atoms with Crippen molar-refractivity contribution in [3.8, 4) is 0 Å². The number of benzene rings is 1. The molecule has 2 saturated carbocycles. The van der Waals surface area contributed by atoms with Crippen LogP contribution in [0.2, 0.25) is 0 Å². The fraction of sp³-hybridized carbons (Fsp3) is 0.450. The predicted molar refractivity (Wildman–Crippen MR) is 100 cm³/mol. The zero-order valence-corrected chi connectivity index (χ0v) is 14.8. The maximum atomic E-state index is 12.7. The summed E-state index contributed by atoms with van der Waals surface area (Å²) in [7, 11) is 0. The van der Waals surface area contributed by atoms with Crippen molar-refractivity contribution in [1.29, 1.82) is 0 Å². The molecule has 2 amide bonds. The van der Waals surface area contributed by atoms with E-state index in [4.69, 9.17) is 0 Å². The molecule has 2 aliphatic rings. The minimum atomic E-state index is -0.190. The minimum Gasteiger partial charge on any atom is -0.326 e. The highest BCUT2D eigenvalue weighted by atomic mass is 16.2. The van der Waals surface area contributed by atoms with Crippen LogP contribution in [0.5, 0.6) is 0 Å². The molecule has 0 atom stereocenters. The first-order valence-electron chi connectivity index (χ1n) is 9.46. The monoisotopic (exact) mass is 352 g/mol. The molecular formula is C20H24N4O2.